The van der Waals surface area contributed by atoms with Crippen LogP contribution in [0.15, 0.2) is 76.9 Å². The Bertz CT molecular complexity index is 1300. The molecule has 0 aliphatic rings. The molecule has 0 saturated heterocycles. The van der Waals surface area contributed by atoms with Crippen molar-refractivity contribution in [2.75, 3.05) is 19.5 Å². The van der Waals surface area contributed by atoms with Gasteiger partial charge in [-0.3, -0.25) is 4.99 Å². The number of rotatable bonds is 9. The molecular weight excluding hydrogens is 452 g/mol. The van der Waals surface area contributed by atoms with Crippen LogP contribution in [-0.4, -0.2) is 31.3 Å². The predicted octanol–water partition coefficient (Wildman–Crippen LogP) is 5.42. The quantitative estimate of drug-likeness (QED) is 0.310. The molecule has 0 aliphatic heterocycles. The molecule has 36 heavy (non-hydrogen) atoms. The number of anilines is 1. The Labute approximate surface area is 211 Å². The lowest BCUT2D eigenvalue weighted by atomic mass is 9.99. The maximum atomic E-state index is 9.00. The van der Waals surface area contributed by atoms with Crippen molar-refractivity contribution in [1.29, 1.82) is 5.26 Å². The van der Waals surface area contributed by atoms with Gasteiger partial charge in [0.2, 0.25) is 0 Å². The molecule has 0 unspecified atom stereocenters. The number of aliphatic imine (C=N–C) groups is 2. The zero-order chi connectivity index (χ0) is 25.9. The molecule has 3 aromatic rings. The average Bonchev–Trinajstić information content (AvgIpc) is 2.88. The van der Waals surface area contributed by atoms with E-state index in [0.717, 1.165) is 17.7 Å². The van der Waals surface area contributed by atoms with Gasteiger partial charge in [-0.2, -0.15) is 5.26 Å². The van der Waals surface area contributed by atoms with Crippen LogP contribution in [0.4, 0.5) is 5.69 Å². The van der Waals surface area contributed by atoms with E-state index < -0.39 is 0 Å². The smallest absolute Gasteiger partial charge is 0.144 e. The molecule has 8 nitrogen and oxygen atoms in total. The minimum absolute atomic E-state index is 0.295. The van der Waals surface area contributed by atoms with E-state index in [1.54, 1.807) is 26.3 Å². The van der Waals surface area contributed by atoms with Gasteiger partial charge in [0.05, 0.1) is 19.1 Å². The first kappa shape index (κ1) is 26.0. The second kappa shape index (κ2) is 12.7. The fraction of sp³-hybridized carbons (Fsp3) is 0.214. The Morgan fingerprint density at radius 3 is 2.56 bits per heavy atom. The first-order valence-corrected chi connectivity index (χ1v) is 11.5. The minimum Gasteiger partial charge on any atom is -0.496 e. The van der Waals surface area contributed by atoms with E-state index in [4.69, 9.17) is 20.5 Å². The van der Waals surface area contributed by atoms with Gasteiger partial charge in [0, 0.05) is 36.6 Å². The van der Waals surface area contributed by atoms with Crippen molar-refractivity contribution in [2.24, 2.45) is 21.6 Å². The summed E-state index contributed by atoms with van der Waals surface area (Å²) in [6, 6.07) is 18.8. The maximum absolute atomic E-state index is 9.00. The van der Waals surface area contributed by atoms with Gasteiger partial charge in [0.15, 0.2) is 0 Å². The summed E-state index contributed by atoms with van der Waals surface area (Å²) in [6.07, 6.45) is 5.56. The molecular formula is C28H30N6O2. The van der Waals surface area contributed by atoms with E-state index in [1.165, 1.54) is 18.1 Å². The lowest BCUT2D eigenvalue weighted by Crippen LogP contribution is -2.10. The highest BCUT2D eigenvalue weighted by Gasteiger charge is 2.12. The molecule has 184 valence electrons. The molecule has 0 bridgehead atoms. The van der Waals surface area contributed by atoms with Gasteiger partial charge in [-0.1, -0.05) is 19.9 Å². The van der Waals surface area contributed by atoms with Gasteiger partial charge in [0.25, 0.3) is 0 Å². The molecule has 0 radical (unpaired) electrons. The van der Waals surface area contributed by atoms with Crippen LogP contribution in [-0.2, 0) is 6.42 Å². The maximum Gasteiger partial charge on any atom is 0.144 e. The zero-order valence-electron chi connectivity index (χ0n) is 20.9. The molecule has 3 rings (SSSR count). The Morgan fingerprint density at radius 2 is 1.92 bits per heavy atom. The largest absolute Gasteiger partial charge is 0.496 e. The van der Waals surface area contributed by atoms with Crippen LogP contribution in [0.3, 0.4) is 0 Å². The molecule has 0 spiro atoms. The van der Waals surface area contributed by atoms with Gasteiger partial charge < -0.3 is 20.5 Å². The van der Waals surface area contributed by atoms with Gasteiger partial charge in [-0.05, 0) is 60.4 Å². The van der Waals surface area contributed by atoms with E-state index in [1.807, 2.05) is 42.5 Å². The Kier molecular flexibility index (Phi) is 9.18. The van der Waals surface area contributed by atoms with Crippen molar-refractivity contribution in [3.8, 4) is 23.3 Å². The third kappa shape index (κ3) is 7.18. The third-order valence-electron chi connectivity index (χ3n) is 5.12. The van der Waals surface area contributed by atoms with E-state index >= 15 is 0 Å². The van der Waals surface area contributed by atoms with Crippen molar-refractivity contribution in [1.82, 2.24) is 4.98 Å². The second-order valence-electron chi connectivity index (χ2n) is 8.29. The van der Waals surface area contributed by atoms with Gasteiger partial charge in [-0.15, -0.1) is 0 Å². The normalized spacial score (nSPS) is 12.0. The van der Waals surface area contributed by atoms with E-state index in [0.29, 0.717) is 40.4 Å². The highest BCUT2D eigenvalue weighted by molar-refractivity contribution is 6.08. The van der Waals surface area contributed by atoms with Crippen molar-refractivity contribution in [2.45, 2.75) is 20.3 Å². The van der Waals surface area contributed by atoms with Gasteiger partial charge in [0.1, 0.15) is 34.8 Å². The highest BCUT2D eigenvalue weighted by Crippen LogP contribution is 2.29. The summed E-state index contributed by atoms with van der Waals surface area (Å²) in [7, 11) is 3.33. The number of nitrogens with one attached hydrogen (secondary N) is 1. The Morgan fingerprint density at radius 1 is 1.14 bits per heavy atom. The number of nitriles is 1. The Balaban J connectivity index is 1.82. The van der Waals surface area contributed by atoms with Crippen LogP contribution in [0.1, 0.15) is 30.7 Å². The Hall–Kier alpha value is -4.64. The molecule has 1 aromatic heterocycles. The van der Waals surface area contributed by atoms with Crippen LogP contribution in [0.2, 0.25) is 0 Å². The molecule has 0 atom stereocenters. The number of hydrogen-bond donors (Lipinski definition) is 2. The summed E-state index contributed by atoms with van der Waals surface area (Å²) in [5.74, 6) is 2.98. The van der Waals surface area contributed by atoms with Gasteiger partial charge >= 0.3 is 0 Å². The van der Waals surface area contributed by atoms with Crippen molar-refractivity contribution < 1.29 is 9.47 Å². The lowest BCUT2D eigenvalue weighted by Gasteiger charge is -2.14. The average molecular weight is 483 g/mol. The molecule has 8 heteroatoms. The molecule has 0 amide bonds. The second-order valence-corrected chi connectivity index (χ2v) is 8.29. The first-order valence-electron chi connectivity index (χ1n) is 11.5. The van der Waals surface area contributed by atoms with Crippen LogP contribution in [0, 0.1) is 17.2 Å². The number of ether oxygens (including phenoxy) is 2. The molecule has 0 aliphatic carbocycles. The number of hydrogen-bond acceptors (Lipinski definition) is 6. The van der Waals surface area contributed by atoms with Crippen LogP contribution in [0.5, 0.6) is 17.2 Å². The number of amidine groups is 1. The SMILES string of the molecule is CN=C(/C=C(\N=CN)c1cc(CC(C)C)ccc1OC)Nc1ccc(Oc2ccnc(C#N)c2)cc1. The number of benzene rings is 2. The molecule has 0 saturated carbocycles. The van der Waals surface area contributed by atoms with E-state index in [-0.39, 0.29) is 0 Å². The molecule has 2 aromatic carbocycles. The number of methoxy groups -OCH3 is 1. The number of pyridine rings is 1. The summed E-state index contributed by atoms with van der Waals surface area (Å²) in [5.41, 5.74) is 9.42. The number of aromatic nitrogens is 1. The fourth-order valence-corrected chi connectivity index (χ4v) is 3.53. The fourth-order valence-electron chi connectivity index (χ4n) is 3.53. The highest BCUT2D eigenvalue weighted by atomic mass is 16.5. The van der Waals surface area contributed by atoms with Crippen molar-refractivity contribution >= 4 is 23.6 Å². The molecule has 0 fully saturated rings. The first-order chi connectivity index (χ1) is 17.4. The number of nitrogens with zero attached hydrogens (tertiary/aromatic N) is 4. The lowest BCUT2D eigenvalue weighted by molar-refractivity contribution is 0.413. The summed E-state index contributed by atoms with van der Waals surface area (Å²) in [5, 5.41) is 12.3. The predicted molar refractivity (Wildman–Crippen MR) is 145 cm³/mol. The van der Waals surface area contributed by atoms with Crippen LogP contribution >= 0.6 is 0 Å². The standard InChI is InChI=1S/C28H30N6O2/c1-19(2)13-20-5-10-27(35-4)25(14-20)26(33-18-30)16-28(31-3)34-21-6-8-23(9-7-21)36-24-11-12-32-22(15-24)17-29/h5-12,14-16,18-19H,13H2,1-4H3,(H2,30,33)(H,31,34)/b26-16-. The summed E-state index contributed by atoms with van der Waals surface area (Å²) in [6.45, 7) is 4.36. The van der Waals surface area contributed by atoms with Crippen molar-refractivity contribution in [3.05, 3.63) is 83.7 Å². The van der Waals surface area contributed by atoms with Gasteiger partial charge in [-0.25, -0.2) is 9.98 Å². The van der Waals surface area contributed by atoms with E-state index in [2.05, 4.69) is 46.3 Å². The summed E-state index contributed by atoms with van der Waals surface area (Å²) >= 11 is 0. The van der Waals surface area contributed by atoms with E-state index in [9.17, 15) is 0 Å². The third-order valence-corrected chi connectivity index (χ3v) is 5.12. The number of nitrogens with two attached hydrogens (primary N) is 1. The summed E-state index contributed by atoms with van der Waals surface area (Å²) < 4.78 is 11.4. The topological polar surface area (TPSA) is 118 Å². The van der Waals surface area contributed by atoms with Crippen LogP contribution in [0.25, 0.3) is 5.70 Å². The zero-order valence-corrected chi connectivity index (χ0v) is 20.9. The monoisotopic (exact) mass is 482 g/mol. The van der Waals surface area contributed by atoms with Crippen LogP contribution < -0.4 is 20.5 Å². The molecule has 1 heterocycles. The van der Waals surface area contributed by atoms with Crippen molar-refractivity contribution in [3.63, 3.8) is 0 Å². The summed E-state index contributed by atoms with van der Waals surface area (Å²) in [4.78, 5) is 12.7. The minimum atomic E-state index is 0.295. The molecule has 3 N–H and O–H groups in total.